The van der Waals surface area contributed by atoms with E-state index >= 15 is 0 Å². The van der Waals surface area contributed by atoms with Gasteiger partial charge in [0.2, 0.25) is 0 Å². The highest BCUT2D eigenvalue weighted by molar-refractivity contribution is 6.30. The molecule has 2 aliphatic rings. The van der Waals surface area contributed by atoms with Crippen molar-refractivity contribution in [3.8, 4) is 0 Å². The van der Waals surface area contributed by atoms with Gasteiger partial charge in [0.05, 0.1) is 0 Å². The molecule has 1 aromatic carbocycles. The predicted octanol–water partition coefficient (Wildman–Crippen LogP) is 2.06. The Kier molecular flexibility index (Phi) is 2.15. The van der Waals surface area contributed by atoms with Crippen molar-refractivity contribution >= 4 is 17.3 Å². The first-order chi connectivity index (χ1) is 7.24. The fourth-order valence-corrected chi connectivity index (χ4v) is 2.83. The van der Waals surface area contributed by atoms with Crippen molar-refractivity contribution in [3.05, 3.63) is 28.8 Å². The third-order valence-corrected chi connectivity index (χ3v) is 3.66. The van der Waals surface area contributed by atoms with Gasteiger partial charge in [-0.1, -0.05) is 17.7 Å². The Morgan fingerprint density at radius 3 is 3.20 bits per heavy atom. The number of benzene rings is 1. The van der Waals surface area contributed by atoms with Gasteiger partial charge in [-0.25, -0.2) is 0 Å². The summed E-state index contributed by atoms with van der Waals surface area (Å²) < 4.78 is 0. The summed E-state index contributed by atoms with van der Waals surface area (Å²) in [6.07, 6.45) is 1.16. The molecule has 0 amide bonds. The Morgan fingerprint density at radius 1 is 1.47 bits per heavy atom. The quantitative estimate of drug-likeness (QED) is 0.723. The Labute approximate surface area is 95.2 Å². The van der Waals surface area contributed by atoms with Crippen LogP contribution in [0.3, 0.4) is 0 Å². The van der Waals surface area contributed by atoms with E-state index < -0.39 is 0 Å². The molecular weight excluding hydrogens is 208 g/mol. The molecule has 0 saturated carbocycles. The summed E-state index contributed by atoms with van der Waals surface area (Å²) in [4.78, 5) is 2.50. The van der Waals surface area contributed by atoms with Gasteiger partial charge in [-0.2, -0.15) is 0 Å². The third kappa shape index (κ3) is 1.52. The van der Waals surface area contributed by atoms with Gasteiger partial charge in [-0.3, -0.25) is 0 Å². The van der Waals surface area contributed by atoms with Crippen LogP contribution in [0.5, 0.6) is 0 Å². The van der Waals surface area contributed by atoms with Crippen LogP contribution in [0.4, 0.5) is 5.69 Å². The molecule has 1 saturated heterocycles. The van der Waals surface area contributed by atoms with Gasteiger partial charge >= 0.3 is 0 Å². The van der Waals surface area contributed by atoms with E-state index in [9.17, 15) is 0 Å². The Bertz CT molecular complexity index is 391. The van der Waals surface area contributed by atoms with Gasteiger partial charge in [0.15, 0.2) is 0 Å². The smallest absolute Gasteiger partial charge is 0.0456 e. The Hall–Kier alpha value is -0.730. The van der Waals surface area contributed by atoms with E-state index in [1.165, 1.54) is 11.3 Å². The average molecular weight is 223 g/mol. The lowest BCUT2D eigenvalue weighted by Gasteiger charge is -2.36. The molecule has 3 heteroatoms. The molecule has 1 N–H and O–H groups in total. The molecule has 1 aromatic rings. The summed E-state index contributed by atoms with van der Waals surface area (Å²) in [5, 5.41) is 4.38. The van der Waals surface area contributed by atoms with Crippen molar-refractivity contribution in [2.45, 2.75) is 25.4 Å². The maximum atomic E-state index is 6.05. The van der Waals surface area contributed by atoms with E-state index in [0.717, 1.165) is 24.5 Å². The Balaban J connectivity index is 1.98. The maximum absolute atomic E-state index is 6.05. The van der Waals surface area contributed by atoms with Crippen LogP contribution in [0.25, 0.3) is 0 Å². The van der Waals surface area contributed by atoms with Gasteiger partial charge in [0, 0.05) is 35.9 Å². The van der Waals surface area contributed by atoms with Crippen molar-refractivity contribution < 1.29 is 0 Å². The van der Waals surface area contributed by atoms with Crippen molar-refractivity contribution in [1.29, 1.82) is 0 Å². The summed E-state index contributed by atoms with van der Waals surface area (Å²) in [5.74, 6) is 0. The summed E-state index contributed by atoms with van der Waals surface area (Å²) >= 11 is 6.05. The van der Waals surface area contributed by atoms with Crippen LogP contribution >= 0.6 is 11.6 Å². The van der Waals surface area contributed by atoms with Crippen molar-refractivity contribution in [3.63, 3.8) is 0 Å². The molecule has 2 heterocycles. The molecule has 0 unspecified atom stereocenters. The zero-order chi connectivity index (χ0) is 10.4. The number of hydrogen-bond donors (Lipinski definition) is 1. The lowest BCUT2D eigenvalue weighted by Crippen LogP contribution is -2.54. The average Bonchev–Trinajstić information content (AvgIpc) is 2.56. The molecule has 0 bridgehead atoms. The molecule has 0 aliphatic carbocycles. The summed E-state index contributed by atoms with van der Waals surface area (Å²) in [6.45, 7) is 4.42. The van der Waals surface area contributed by atoms with E-state index in [1.807, 2.05) is 6.07 Å². The van der Waals surface area contributed by atoms with Crippen LogP contribution in [-0.4, -0.2) is 25.2 Å². The topological polar surface area (TPSA) is 15.3 Å². The standard InChI is InChI=1S/C12H15ClN2/c1-8-7-15-11(6-14-8)4-9-2-3-10(13)5-12(9)15/h2-3,5,8,11,14H,4,6-7H2,1H3/t8-,11+/m1/s1. The van der Waals surface area contributed by atoms with Crippen LogP contribution in [0.1, 0.15) is 12.5 Å². The molecule has 2 nitrogen and oxygen atoms in total. The number of nitrogens with one attached hydrogen (secondary N) is 1. The lowest BCUT2D eigenvalue weighted by atomic mass is 10.1. The van der Waals surface area contributed by atoms with Crippen LogP contribution in [-0.2, 0) is 6.42 Å². The molecule has 15 heavy (non-hydrogen) atoms. The van der Waals surface area contributed by atoms with E-state index in [1.54, 1.807) is 0 Å². The van der Waals surface area contributed by atoms with Gasteiger partial charge in [0.1, 0.15) is 0 Å². The molecule has 1 fully saturated rings. The molecule has 2 aliphatic heterocycles. The number of hydrogen-bond acceptors (Lipinski definition) is 2. The number of nitrogens with zero attached hydrogens (tertiary/aromatic N) is 1. The molecule has 3 rings (SSSR count). The van der Waals surface area contributed by atoms with Gasteiger partial charge < -0.3 is 10.2 Å². The second-order valence-electron chi connectivity index (χ2n) is 4.59. The van der Waals surface area contributed by atoms with Crippen LogP contribution in [0.2, 0.25) is 5.02 Å². The predicted molar refractivity (Wildman–Crippen MR) is 63.8 cm³/mol. The number of rotatable bonds is 0. The fraction of sp³-hybridized carbons (Fsp3) is 0.500. The normalized spacial score (nSPS) is 28.8. The highest BCUT2D eigenvalue weighted by Crippen LogP contribution is 2.35. The van der Waals surface area contributed by atoms with Crippen molar-refractivity contribution in [2.75, 3.05) is 18.0 Å². The maximum Gasteiger partial charge on any atom is 0.0456 e. The van der Waals surface area contributed by atoms with E-state index in [0.29, 0.717) is 12.1 Å². The highest BCUT2D eigenvalue weighted by Gasteiger charge is 2.33. The first-order valence-corrected chi connectivity index (χ1v) is 5.90. The van der Waals surface area contributed by atoms with Crippen molar-refractivity contribution in [2.24, 2.45) is 0 Å². The van der Waals surface area contributed by atoms with Crippen LogP contribution in [0.15, 0.2) is 18.2 Å². The van der Waals surface area contributed by atoms with Gasteiger partial charge in [0.25, 0.3) is 0 Å². The number of fused-ring (bicyclic) bond motifs is 3. The molecule has 0 aromatic heterocycles. The largest absolute Gasteiger partial charge is 0.365 e. The molecule has 0 spiro atoms. The minimum atomic E-state index is 0.575. The van der Waals surface area contributed by atoms with Gasteiger partial charge in [-0.15, -0.1) is 0 Å². The SMILES string of the molecule is C[C@@H]1CN2c3cc(Cl)ccc3C[C@H]2CN1. The minimum Gasteiger partial charge on any atom is -0.365 e. The minimum absolute atomic E-state index is 0.575. The highest BCUT2D eigenvalue weighted by atomic mass is 35.5. The van der Waals surface area contributed by atoms with E-state index in [4.69, 9.17) is 11.6 Å². The zero-order valence-corrected chi connectivity index (χ0v) is 9.59. The van der Waals surface area contributed by atoms with E-state index in [-0.39, 0.29) is 0 Å². The number of anilines is 1. The fourth-order valence-electron chi connectivity index (χ4n) is 2.66. The second kappa shape index (κ2) is 3.39. The molecule has 2 atom stereocenters. The summed E-state index contributed by atoms with van der Waals surface area (Å²) in [5.41, 5.74) is 2.79. The molecule has 80 valence electrons. The molecular formula is C12H15ClN2. The second-order valence-corrected chi connectivity index (χ2v) is 5.03. The monoisotopic (exact) mass is 222 g/mol. The lowest BCUT2D eigenvalue weighted by molar-refractivity contribution is 0.422. The van der Waals surface area contributed by atoms with Crippen LogP contribution in [0, 0.1) is 0 Å². The zero-order valence-electron chi connectivity index (χ0n) is 8.83. The molecule has 0 radical (unpaired) electrons. The summed E-state index contributed by atoms with van der Waals surface area (Å²) in [6, 6.07) is 7.48. The first kappa shape index (κ1) is 9.49. The number of halogens is 1. The van der Waals surface area contributed by atoms with Crippen LogP contribution < -0.4 is 10.2 Å². The third-order valence-electron chi connectivity index (χ3n) is 3.43. The van der Waals surface area contributed by atoms with Crippen molar-refractivity contribution in [1.82, 2.24) is 5.32 Å². The first-order valence-electron chi connectivity index (χ1n) is 5.52. The van der Waals surface area contributed by atoms with E-state index in [2.05, 4.69) is 29.3 Å². The summed E-state index contributed by atoms with van der Waals surface area (Å²) in [7, 11) is 0. The Morgan fingerprint density at radius 2 is 2.33 bits per heavy atom. The number of piperazine rings is 1. The van der Waals surface area contributed by atoms with Gasteiger partial charge in [-0.05, 0) is 31.0 Å².